The molecule has 1 aliphatic heterocycles. The van der Waals surface area contributed by atoms with Crippen LogP contribution in [0.4, 0.5) is 5.69 Å². The third kappa shape index (κ3) is 7.86. The van der Waals surface area contributed by atoms with Crippen LogP contribution in [0.3, 0.4) is 0 Å². The van der Waals surface area contributed by atoms with E-state index in [0.29, 0.717) is 13.1 Å². The number of carbonyl (C=O) groups is 2. The number of aliphatic carboxylic acids is 1. The Balaban J connectivity index is 1.63. The predicted octanol–water partition coefficient (Wildman–Crippen LogP) is 1.50. The van der Waals surface area contributed by atoms with Crippen LogP contribution in [0, 0.1) is 0 Å². The van der Waals surface area contributed by atoms with Gasteiger partial charge in [-0.05, 0) is 51.4 Å². The number of carboxylic acid groups (broad SMARTS) is 1. The summed E-state index contributed by atoms with van der Waals surface area (Å²) < 4.78 is 0. The van der Waals surface area contributed by atoms with Gasteiger partial charge in [0.15, 0.2) is 0 Å². The Kier molecular flexibility index (Phi) is 9.23. The minimum absolute atomic E-state index is 0.0692. The van der Waals surface area contributed by atoms with Crippen LogP contribution in [0.15, 0.2) is 30.3 Å². The number of carbonyl (C=O) groups excluding carboxylic acids is 1. The number of amides is 1. The van der Waals surface area contributed by atoms with E-state index in [1.165, 1.54) is 5.69 Å². The van der Waals surface area contributed by atoms with E-state index < -0.39 is 5.97 Å². The van der Waals surface area contributed by atoms with Gasteiger partial charge in [0, 0.05) is 38.4 Å². The molecule has 0 saturated carbocycles. The first kappa shape index (κ1) is 22.2. The average Bonchev–Trinajstić information content (AvgIpc) is 2.91. The number of hydrogen-bond donors (Lipinski definition) is 2. The van der Waals surface area contributed by atoms with E-state index >= 15 is 0 Å². The molecular formula is C21H34N4O3. The van der Waals surface area contributed by atoms with E-state index in [9.17, 15) is 9.59 Å². The molecule has 0 aliphatic carbocycles. The highest BCUT2D eigenvalue weighted by molar-refractivity contribution is 5.78. The summed E-state index contributed by atoms with van der Waals surface area (Å²) in [6, 6.07) is 10.5. The van der Waals surface area contributed by atoms with Crippen LogP contribution in [0.25, 0.3) is 0 Å². The fraction of sp³-hybridized carbons (Fsp3) is 0.619. The molecule has 1 atom stereocenters. The zero-order valence-corrected chi connectivity index (χ0v) is 17.1. The third-order valence-electron chi connectivity index (χ3n) is 5.35. The molecule has 0 spiro atoms. The standard InChI is InChI=1S/C21H34N4O3/c1-23(18-8-4-3-5-9-18)13-7-12-22-20(26)16-25-14-6-10-19(11-15-25)24(2)17-21(27)28/h3-5,8-9,19H,6-7,10-17H2,1-2H3,(H,22,26)(H,27,28). The van der Waals surface area contributed by atoms with Crippen LogP contribution in [-0.4, -0.2) is 86.2 Å². The van der Waals surface area contributed by atoms with Crippen molar-refractivity contribution in [2.75, 3.05) is 58.3 Å². The Morgan fingerprint density at radius 1 is 1.18 bits per heavy atom. The second-order valence-electron chi connectivity index (χ2n) is 7.63. The quantitative estimate of drug-likeness (QED) is 0.590. The average molecular weight is 391 g/mol. The third-order valence-corrected chi connectivity index (χ3v) is 5.35. The van der Waals surface area contributed by atoms with Crippen LogP contribution < -0.4 is 10.2 Å². The molecule has 7 heteroatoms. The first-order valence-electron chi connectivity index (χ1n) is 10.1. The van der Waals surface area contributed by atoms with Crippen LogP contribution in [0.5, 0.6) is 0 Å². The molecule has 1 fully saturated rings. The number of nitrogens with zero attached hydrogens (tertiary/aromatic N) is 3. The minimum Gasteiger partial charge on any atom is -0.480 e. The number of para-hydroxylation sites is 1. The van der Waals surface area contributed by atoms with Gasteiger partial charge >= 0.3 is 5.97 Å². The molecule has 1 aromatic rings. The Hall–Kier alpha value is -2.12. The van der Waals surface area contributed by atoms with Crippen molar-refractivity contribution in [3.8, 4) is 0 Å². The summed E-state index contributed by atoms with van der Waals surface area (Å²) >= 11 is 0. The summed E-state index contributed by atoms with van der Waals surface area (Å²) in [5.41, 5.74) is 1.18. The summed E-state index contributed by atoms with van der Waals surface area (Å²) in [5.74, 6) is -0.722. The van der Waals surface area contributed by atoms with E-state index in [1.807, 2.05) is 30.1 Å². The number of nitrogens with one attached hydrogen (secondary N) is 1. The van der Waals surface area contributed by atoms with Crippen molar-refractivity contribution in [3.63, 3.8) is 0 Å². The molecule has 156 valence electrons. The molecule has 2 N–H and O–H groups in total. The fourth-order valence-electron chi connectivity index (χ4n) is 3.69. The number of rotatable bonds is 10. The van der Waals surface area contributed by atoms with Crippen molar-refractivity contribution in [1.82, 2.24) is 15.1 Å². The van der Waals surface area contributed by atoms with Crippen molar-refractivity contribution >= 4 is 17.6 Å². The lowest BCUT2D eigenvalue weighted by Crippen LogP contribution is -2.40. The molecule has 1 saturated heterocycles. The Morgan fingerprint density at radius 3 is 2.64 bits per heavy atom. The Labute approximate surface area is 168 Å². The van der Waals surface area contributed by atoms with Gasteiger partial charge in [0.25, 0.3) is 0 Å². The number of hydrogen-bond acceptors (Lipinski definition) is 5. The lowest BCUT2D eigenvalue weighted by molar-refractivity contribution is -0.138. The van der Waals surface area contributed by atoms with Crippen molar-refractivity contribution in [2.45, 2.75) is 31.7 Å². The second-order valence-corrected chi connectivity index (χ2v) is 7.63. The number of anilines is 1. The molecule has 0 radical (unpaired) electrons. The van der Waals surface area contributed by atoms with Gasteiger partial charge in [-0.1, -0.05) is 18.2 Å². The number of carboxylic acids is 1. The van der Waals surface area contributed by atoms with Gasteiger partial charge in [-0.25, -0.2) is 0 Å². The molecule has 7 nitrogen and oxygen atoms in total. The minimum atomic E-state index is -0.791. The Bertz CT molecular complexity index is 611. The SMILES string of the molecule is CN(CCCNC(=O)CN1CCCC(N(C)CC(=O)O)CC1)c1ccccc1. The van der Waals surface area contributed by atoms with Crippen molar-refractivity contribution in [2.24, 2.45) is 0 Å². The highest BCUT2D eigenvalue weighted by atomic mass is 16.4. The summed E-state index contributed by atoms with van der Waals surface area (Å²) in [6.45, 7) is 3.78. The lowest BCUT2D eigenvalue weighted by Gasteiger charge is -2.25. The molecule has 2 rings (SSSR count). The van der Waals surface area contributed by atoms with Gasteiger partial charge in [-0.2, -0.15) is 0 Å². The van der Waals surface area contributed by atoms with Crippen LogP contribution in [-0.2, 0) is 9.59 Å². The molecule has 1 aromatic carbocycles. The summed E-state index contributed by atoms with van der Waals surface area (Å²) in [4.78, 5) is 29.4. The maximum Gasteiger partial charge on any atom is 0.317 e. The van der Waals surface area contributed by atoms with Gasteiger partial charge in [0.2, 0.25) is 5.91 Å². The van der Waals surface area contributed by atoms with Crippen molar-refractivity contribution in [1.29, 1.82) is 0 Å². The molecule has 0 bridgehead atoms. The predicted molar refractivity (Wildman–Crippen MR) is 112 cm³/mol. The lowest BCUT2D eigenvalue weighted by atomic mass is 10.1. The first-order valence-corrected chi connectivity index (χ1v) is 10.1. The summed E-state index contributed by atoms with van der Waals surface area (Å²) in [7, 11) is 3.93. The smallest absolute Gasteiger partial charge is 0.317 e. The summed E-state index contributed by atoms with van der Waals surface area (Å²) in [5, 5.41) is 12.0. The number of likely N-dealkylation sites (tertiary alicyclic amines) is 1. The maximum absolute atomic E-state index is 12.2. The van der Waals surface area contributed by atoms with Crippen molar-refractivity contribution in [3.05, 3.63) is 30.3 Å². The topological polar surface area (TPSA) is 76.1 Å². The number of likely N-dealkylation sites (N-methyl/N-ethyl adjacent to an activating group) is 1. The van der Waals surface area contributed by atoms with Crippen molar-refractivity contribution < 1.29 is 14.7 Å². The second kappa shape index (κ2) is 11.7. The molecule has 1 unspecified atom stereocenters. The molecule has 1 amide bonds. The van der Waals surface area contributed by atoms with Gasteiger partial charge in [-0.15, -0.1) is 0 Å². The molecular weight excluding hydrogens is 356 g/mol. The molecule has 28 heavy (non-hydrogen) atoms. The molecule has 1 heterocycles. The van der Waals surface area contributed by atoms with Crippen LogP contribution in [0.2, 0.25) is 0 Å². The van der Waals surface area contributed by atoms with E-state index in [4.69, 9.17) is 5.11 Å². The fourth-order valence-corrected chi connectivity index (χ4v) is 3.69. The highest BCUT2D eigenvalue weighted by Gasteiger charge is 2.22. The van der Waals surface area contributed by atoms with E-state index in [1.54, 1.807) is 0 Å². The zero-order valence-electron chi connectivity index (χ0n) is 17.1. The van der Waals surface area contributed by atoms with Gasteiger partial charge in [-0.3, -0.25) is 19.4 Å². The maximum atomic E-state index is 12.2. The van der Waals surface area contributed by atoms with E-state index in [2.05, 4.69) is 34.3 Å². The zero-order chi connectivity index (χ0) is 20.4. The first-order chi connectivity index (χ1) is 13.5. The monoisotopic (exact) mass is 390 g/mol. The van der Waals surface area contributed by atoms with Gasteiger partial charge in [0.1, 0.15) is 0 Å². The van der Waals surface area contributed by atoms with E-state index in [-0.39, 0.29) is 18.5 Å². The summed E-state index contributed by atoms with van der Waals surface area (Å²) in [6.07, 6.45) is 3.77. The molecule has 0 aromatic heterocycles. The highest BCUT2D eigenvalue weighted by Crippen LogP contribution is 2.15. The largest absolute Gasteiger partial charge is 0.480 e. The normalized spacial score (nSPS) is 17.9. The van der Waals surface area contributed by atoms with E-state index in [0.717, 1.165) is 45.3 Å². The van der Waals surface area contributed by atoms with Crippen LogP contribution in [0.1, 0.15) is 25.7 Å². The molecule has 1 aliphatic rings. The van der Waals surface area contributed by atoms with Crippen LogP contribution >= 0.6 is 0 Å². The number of benzene rings is 1. The Morgan fingerprint density at radius 2 is 1.93 bits per heavy atom. The van der Waals surface area contributed by atoms with Gasteiger partial charge in [0.05, 0.1) is 13.1 Å². The van der Waals surface area contributed by atoms with Gasteiger partial charge < -0.3 is 15.3 Å².